The summed E-state index contributed by atoms with van der Waals surface area (Å²) in [5, 5.41) is 0. The Morgan fingerprint density at radius 3 is 1.40 bits per heavy atom. The fraction of sp³-hybridized carbons (Fsp3) is 0.0667. The molecular formula is C30H28BF4N5. The summed E-state index contributed by atoms with van der Waals surface area (Å²) in [4.78, 5) is 4.20. The fourth-order valence-corrected chi connectivity index (χ4v) is 4.26. The molecule has 0 radical (unpaired) electrons. The van der Waals surface area contributed by atoms with E-state index >= 15 is 0 Å². The minimum Gasteiger partial charge on any atom is -0.418 e. The summed E-state index contributed by atoms with van der Waals surface area (Å²) >= 11 is 0. The first-order valence-electron chi connectivity index (χ1n) is 12.5. The fourth-order valence-electron chi connectivity index (χ4n) is 4.26. The predicted molar refractivity (Wildman–Crippen MR) is 152 cm³/mol. The number of benzene rings is 3. The molecule has 0 atom stereocenters. The molecule has 2 heterocycles. The first-order valence-corrected chi connectivity index (χ1v) is 12.5. The van der Waals surface area contributed by atoms with Gasteiger partial charge in [-0.15, -0.1) is 0 Å². The van der Waals surface area contributed by atoms with E-state index in [1.807, 2.05) is 36.7 Å². The SMILES string of the molecule is F[B-](F)(F)F.NCc1ccc(-c2cc(-c3ccncc3)cc(-c3ccc(CN)cc3)[n+]2-c2ccc(N)cc2)cc1. The van der Waals surface area contributed by atoms with Crippen LogP contribution in [0.1, 0.15) is 11.1 Å². The van der Waals surface area contributed by atoms with Crippen LogP contribution < -0.4 is 21.8 Å². The summed E-state index contributed by atoms with van der Waals surface area (Å²) in [5.41, 5.74) is 28.2. The summed E-state index contributed by atoms with van der Waals surface area (Å²) < 4.78 is 41.3. The zero-order valence-corrected chi connectivity index (χ0v) is 21.5. The summed E-state index contributed by atoms with van der Waals surface area (Å²) in [5.74, 6) is 0. The maximum Gasteiger partial charge on any atom is 0.673 e. The van der Waals surface area contributed by atoms with Gasteiger partial charge in [0.2, 0.25) is 17.1 Å². The van der Waals surface area contributed by atoms with Gasteiger partial charge in [0.1, 0.15) is 0 Å². The van der Waals surface area contributed by atoms with E-state index in [0.717, 1.165) is 56.1 Å². The van der Waals surface area contributed by atoms with Crippen LogP contribution in [0.2, 0.25) is 0 Å². The third-order valence-electron chi connectivity index (χ3n) is 6.20. The zero-order valence-electron chi connectivity index (χ0n) is 21.5. The summed E-state index contributed by atoms with van der Waals surface area (Å²) in [6, 6.07) is 33.3. The first kappa shape index (κ1) is 28.5. The molecule has 0 amide bonds. The highest BCUT2D eigenvalue weighted by Crippen LogP contribution is 2.31. The van der Waals surface area contributed by atoms with E-state index in [1.165, 1.54) is 0 Å². The van der Waals surface area contributed by atoms with Crippen molar-refractivity contribution in [3.8, 4) is 39.3 Å². The van der Waals surface area contributed by atoms with Gasteiger partial charge in [0.05, 0.1) is 0 Å². The van der Waals surface area contributed by atoms with Crippen molar-refractivity contribution in [3.05, 3.63) is 121 Å². The third-order valence-corrected chi connectivity index (χ3v) is 6.20. The number of pyridine rings is 2. The maximum absolute atomic E-state index is 9.75. The van der Waals surface area contributed by atoms with Crippen LogP contribution in [-0.2, 0) is 13.1 Å². The molecule has 10 heteroatoms. The number of anilines is 1. The molecule has 0 bridgehead atoms. The van der Waals surface area contributed by atoms with Crippen molar-refractivity contribution in [2.45, 2.75) is 13.1 Å². The number of rotatable bonds is 6. The lowest BCUT2D eigenvalue weighted by molar-refractivity contribution is -0.572. The molecule has 0 unspecified atom stereocenters. The highest BCUT2D eigenvalue weighted by molar-refractivity contribution is 6.50. The van der Waals surface area contributed by atoms with Gasteiger partial charge >= 0.3 is 7.25 Å². The lowest BCUT2D eigenvalue weighted by Crippen LogP contribution is -2.36. The Bertz CT molecular complexity index is 1470. The summed E-state index contributed by atoms with van der Waals surface area (Å²) in [6.45, 7) is 1.02. The monoisotopic (exact) mass is 545 g/mol. The summed E-state index contributed by atoms with van der Waals surface area (Å²) in [6.07, 6.45) is 3.64. The van der Waals surface area contributed by atoms with E-state index in [1.54, 1.807) is 0 Å². The van der Waals surface area contributed by atoms with Crippen LogP contribution >= 0.6 is 0 Å². The Balaban J connectivity index is 0.000000681. The Kier molecular flexibility index (Phi) is 8.93. The molecule has 204 valence electrons. The number of nitrogens with zero attached hydrogens (tertiary/aromatic N) is 2. The minimum atomic E-state index is -6.00. The van der Waals surface area contributed by atoms with Crippen molar-refractivity contribution < 1.29 is 21.8 Å². The quantitative estimate of drug-likeness (QED) is 0.103. The van der Waals surface area contributed by atoms with Crippen molar-refractivity contribution in [2.75, 3.05) is 5.73 Å². The van der Waals surface area contributed by atoms with E-state index in [-0.39, 0.29) is 0 Å². The smallest absolute Gasteiger partial charge is 0.418 e. The second kappa shape index (κ2) is 12.5. The molecule has 0 fully saturated rings. The molecule has 2 aromatic heterocycles. The van der Waals surface area contributed by atoms with E-state index in [4.69, 9.17) is 17.2 Å². The molecule has 40 heavy (non-hydrogen) atoms. The molecule has 0 spiro atoms. The highest BCUT2D eigenvalue weighted by Gasteiger charge is 2.25. The van der Waals surface area contributed by atoms with Crippen molar-refractivity contribution in [3.63, 3.8) is 0 Å². The van der Waals surface area contributed by atoms with E-state index in [2.05, 4.69) is 82.3 Å². The van der Waals surface area contributed by atoms with Crippen LogP contribution in [0.25, 0.3) is 39.3 Å². The molecule has 0 saturated heterocycles. The normalized spacial score (nSPS) is 11.1. The second-order valence-electron chi connectivity index (χ2n) is 8.97. The number of aromatic nitrogens is 2. The maximum atomic E-state index is 9.75. The van der Waals surface area contributed by atoms with Gasteiger partial charge in [-0.3, -0.25) is 4.98 Å². The van der Waals surface area contributed by atoms with Crippen LogP contribution in [0.3, 0.4) is 0 Å². The lowest BCUT2D eigenvalue weighted by atomic mass is 9.98. The Labute approximate surface area is 230 Å². The number of hydrogen-bond donors (Lipinski definition) is 3. The molecule has 0 saturated carbocycles. The molecule has 0 aliphatic rings. The number of halogens is 4. The lowest BCUT2D eigenvalue weighted by Gasteiger charge is -2.13. The van der Waals surface area contributed by atoms with Crippen LogP contribution in [0.5, 0.6) is 0 Å². The second-order valence-corrected chi connectivity index (χ2v) is 8.97. The molecular weight excluding hydrogens is 517 g/mol. The molecule has 5 rings (SSSR count). The molecule has 0 aliphatic carbocycles. The largest absolute Gasteiger partial charge is 0.673 e. The van der Waals surface area contributed by atoms with Gasteiger partial charge in [0, 0.05) is 66.6 Å². The summed E-state index contributed by atoms with van der Waals surface area (Å²) in [7, 11) is -6.00. The topological polar surface area (TPSA) is 94.8 Å². The number of nitrogen functional groups attached to an aromatic ring is 1. The Morgan fingerprint density at radius 1 is 0.575 bits per heavy atom. The standard InChI is InChI=1S/C30H28N5.BF4/c31-19-21-1-5-24(6-2-21)29-17-26(23-13-15-34-16-14-23)18-30(25-7-3-22(20-32)4-8-25)35(29)28-11-9-27(33)10-12-28;2-1(3,4)5/h1-18H,19-20,31-33H2;/q+1;-1. The van der Waals surface area contributed by atoms with Crippen LogP contribution in [-0.4, -0.2) is 12.2 Å². The van der Waals surface area contributed by atoms with E-state index < -0.39 is 7.25 Å². The van der Waals surface area contributed by atoms with Crippen LogP contribution in [0, 0.1) is 0 Å². The molecule has 3 aromatic carbocycles. The highest BCUT2D eigenvalue weighted by atomic mass is 19.5. The van der Waals surface area contributed by atoms with Gasteiger partial charge in [-0.2, -0.15) is 4.57 Å². The molecule has 0 aliphatic heterocycles. The van der Waals surface area contributed by atoms with Gasteiger partial charge in [-0.05, 0) is 70.8 Å². The molecule has 5 nitrogen and oxygen atoms in total. The van der Waals surface area contributed by atoms with Crippen molar-refractivity contribution in [2.24, 2.45) is 11.5 Å². The van der Waals surface area contributed by atoms with Crippen molar-refractivity contribution in [1.82, 2.24) is 4.98 Å². The zero-order chi connectivity index (χ0) is 28.7. The van der Waals surface area contributed by atoms with Crippen molar-refractivity contribution in [1.29, 1.82) is 0 Å². The van der Waals surface area contributed by atoms with Crippen LogP contribution in [0.4, 0.5) is 23.0 Å². The number of nitrogens with two attached hydrogens (primary N) is 3. The number of hydrogen-bond acceptors (Lipinski definition) is 4. The van der Waals surface area contributed by atoms with Gasteiger partial charge in [0.15, 0.2) is 0 Å². The predicted octanol–water partition coefficient (Wildman–Crippen LogP) is 6.16. The molecule has 6 N–H and O–H groups in total. The van der Waals surface area contributed by atoms with E-state index in [9.17, 15) is 17.3 Å². The average molecular weight is 545 g/mol. The third kappa shape index (κ3) is 7.31. The average Bonchev–Trinajstić information content (AvgIpc) is 2.97. The Morgan fingerprint density at radius 2 is 1.00 bits per heavy atom. The molecule has 5 aromatic rings. The van der Waals surface area contributed by atoms with Gasteiger partial charge in [-0.1, -0.05) is 24.3 Å². The van der Waals surface area contributed by atoms with Crippen molar-refractivity contribution >= 4 is 12.9 Å². The van der Waals surface area contributed by atoms with Gasteiger partial charge in [0.25, 0.3) is 0 Å². The van der Waals surface area contributed by atoms with Gasteiger partial charge < -0.3 is 34.5 Å². The van der Waals surface area contributed by atoms with Gasteiger partial charge in [-0.25, -0.2) is 0 Å². The minimum absolute atomic E-state index is 0.508. The van der Waals surface area contributed by atoms with Crippen LogP contribution in [0.15, 0.2) is 109 Å². The first-order chi connectivity index (χ1) is 19.2. The van der Waals surface area contributed by atoms with E-state index in [0.29, 0.717) is 13.1 Å². The Hall–Kier alpha value is -4.54.